The van der Waals surface area contributed by atoms with Crippen molar-refractivity contribution in [1.82, 2.24) is 4.98 Å². The molecular weight excluding hydrogens is 172 g/mol. The Morgan fingerprint density at radius 2 is 2.42 bits per heavy atom. The number of anilines is 1. The third-order valence-electron chi connectivity index (χ3n) is 1.36. The molecule has 66 valence electrons. The predicted octanol–water partition coefficient (Wildman–Crippen LogP) is 0.872. The lowest BCUT2D eigenvalue weighted by atomic mass is 10.4. The Bertz CT molecular complexity index is 250. The van der Waals surface area contributed by atoms with Gasteiger partial charge in [0.2, 0.25) is 0 Å². The van der Waals surface area contributed by atoms with Crippen LogP contribution in [0.3, 0.4) is 0 Å². The quantitative estimate of drug-likeness (QED) is 0.755. The fraction of sp³-hybridized carbons (Fsp3) is 0.375. The minimum absolute atomic E-state index is 0.663. The van der Waals surface area contributed by atoms with E-state index in [1.165, 1.54) is 0 Å². The van der Waals surface area contributed by atoms with Gasteiger partial charge in [-0.25, -0.2) is 4.98 Å². The number of nitrogens with zero attached hydrogens (tertiary/aromatic N) is 1. The average molecular weight is 184 g/mol. The average Bonchev–Trinajstić information content (AvgIpc) is 2.05. The molecule has 0 aliphatic carbocycles. The van der Waals surface area contributed by atoms with E-state index in [9.17, 15) is 4.21 Å². The molecule has 0 aromatic carbocycles. The molecule has 0 fully saturated rings. The lowest BCUT2D eigenvalue weighted by molar-refractivity contribution is 0.687. The summed E-state index contributed by atoms with van der Waals surface area (Å²) in [5, 5.41) is 3.07. The van der Waals surface area contributed by atoms with E-state index in [1.54, 1.807) is 12.5 Å². The molecule has 0 saturated heterocycles. The maximum Gasteiger partial charge on any atom is 0.125 e. The molecule has 0 bridgehead atoms. The van der Waals surface area contributed by atoms with Crippen molar-refractivity contribution in [2.24, 2.45) is 0 Å². The molecule has 1 aromatic heterocycles. The van der Waals surface area contributed by atoms with Gasteiger partial charge in [-0.05, 0) is 12.1 Å². The lowest BCUT2D eigenvalue weighted by Gasteiger charge is -2.02. The van der Waals surface area contributed by atoms with E-state index in [0.29, 0.717) is 12.3 Å². The minimum Gasteiger partial charge on any atom is -0.369 e. The van der Waals surface area contributed by atoms with Gasteiger partial charge >= 0.3 is 0 Å². The molecule has 3 nitrogen and oxygen atoms in total. The number of hydrogen-bond acceptors (Lipinski definition) is 3. The summed E-state index contributed by atoms with van der Waals surface area (Å²) in [7, 11) is -0.730. The second kappa shape index (κ2) is 4.87. The first-order valence-corrected chi connectivity index (χ1v) is 5.46. The van der Waals surface area contributed by atoms with Crippen LogP contribution in [0.2, 0.25) is 0 Å². The Kier molecular flexibility index (Phi) is 3.73. The van der Waals surface area contributed by atoms with Crippen LogP contribution in [0.25, 0.3) is 0 Å². The van der Waals surface area contributed by atoms with Crippen LogP contribution in [0, 0.1) is 0 Å². The summed E-state index contributed by atoms with van der Waals surface area (Å²) < 4.78 is 10.7. The number of hydrogen-bond donors (Lipinski definition) is 1. The van der Waals surface area contributed by atoms with Gasteiger partial charge in [0.15, 0.2) is 0 Å². The molecular formula is C8H12N2OS. The second-order valence-corrected chi connectivity index (χ2v) is 3.97. The van der Waals surface area contributed by atoms with Gasteiger partial charge in [0, 0.05) is 35.5 Å². The first kappa shape index (κ1) is 9.19. The molecule has 4 heteroatoms. The van der Waals surface area contributed by atoms with Gasteiger partial charge in [-0.15, -0.1) is 0 Å². The smallest absolute Gasteiger partial charge is 0.125 e. The van der Waals surface area contributed by atoms with Crippen LogP contribution in [0.15, 0.2) is 24.4 Å². The van der Waals surface area contributed by atoms with Gasteiger partial charge in [-0.2, -0.15) is 0 Å². The minimum atomic E-state index is -0.730. The fourth-order valence-electron chi connectivity index (χ4n) is 0.790. The molecule has 0 saturated carbocycles. The Labute approximate surface area is 74.7 Å². The van der Waals surface area contributed by atoms with E-state index in [-0.39, 0.29) is 0 Å². The SMILES string of the molecule is CS(=O)CCNc1ccccn1. The van der Waals surface area contributed by atoms with E-state index in [0.717, 1.165) is 5.82 Å². The number of aromatic nitrogens is 1. The van der Waals surface area contributed by atoms with Gasteiger partial charge in [0.25, 0.3) is 0 Å². The summed E-state index contributed by atoms with van der Waals surface area (Å²) in [5.41, 5.74) is 0. The second-order valence-electron chi connectivity index (χ2n) is 2.42. The van der Waals surface area contributed by atoms with Crippen molar-refractivity contribution in [3.05, 3.63) is 24.4 Å². The molecule has 1 rings (SSSR count). The Morgan fingerprint density at radius 3 is 3.00 bits per heavy atom. The molecule has 1 heterocycles. The summed E-state index contributed by atoms with van der Waals surface area (Å²) in [6.45, 7) is 0.708. The van der Waals surface area contributed by atoms with Crippen molar-refractivity contribution >= 4 is 16.6 Å². The Hall–Kier alpha value is -0.900. The lowest BCUT2D eigenvalue weighted by Crippen LogP contribution is -2.10. The van der Waals surface area contributed by atoms with Crippen LogP contribution in [0.5, 0.6) is 0 Å². The van der Waals surface area contributed by atoms with Gasteiger partial charge in [-0.3, -0.25) is 4.21 Å². The van der Waals surface area contributed by atoms with Crippen LogP contribution < -0.4 is 5.32 Å². The van der Waals surface area contributed by atoms with Crippen LogP contribution in [-0.4, -0.2) is 27.7 Å². The zero-order chi connectivity index (χ0) is 8.81. The molecule has 1 atom stereocenters. The molecule has 0 spiro atoms. The third-order valence-corrected chi connectivity index (χ3v) is 2.14. The van der Waals surface area contributed by atoms with Crippen LogP contribution >= 0.6 is 0 Å². The van der Waals surface area contributed by atoms with E-state index in [1.807, 2.05) is 18.2 Å². The molecule has 12 heavy (non-hydrogen) atoms. The van der Waals surface area contributed by atoms with Crippen molar-refractivity contribution in [3.8, 4) is 0 Å². The van der Waals surface area contributed by atoms with E-state index in [2.05, 4.69) is 10.3 Å². The third kappa shape index (κ3) is 3.48. The zero-order valence-electron chi connectivity index (χ0n) is 6.99. The molecule has 1 unspecified atom stereocenters. The van der Waals surface area contributed by atoms with Gasteiger partial charge in [0.1, 0.15) is 5.82 Å². The maximum absolute atomic E-state index is 10.7. The molecule has 1 aromatic rings. The normalized spacial score (nSPS) is 12.4. The monoisotopic (exact) mass is 184 g/mol. The summed E-state index contributed by atoms with van der Waals surface area (Å²) in [6.07, 6.45) is 3.42. The van der Waals surface area contributed by atoms with Gasteiger partial charge in [-0.1, -0.05) is 6.07 Å². The highest BCUT2D eigenvalue weighted by Gasteiger charge is 1.92. The van der Waals surface area contributed by atoms with Crippen LogP contribution in [-0.2, 0) is 10.8 Å². The largest absolute Gasteiger partial charge is 0.369 e. The standard InChI is InChI=1S/C8H12N2OS/c1-12(11)7-6-10-8-4-2-3-5-9-8/h2-5H,6-7H2,1H3,(H,9,10). The van der Waals surface area contributed by atoms with Crippen LogP contribution in [0.4, 0.5) is 5.82 Å². The number of nitrogens with one attached hydrogen (secondary N) is 1. The topological polar surface area (TPSA) is 42.0 Å². The summed E-state index contributed by atoms with van der Waals surface area (Å²) in [4.78, 5) is 4.07. The van der Waals surface area contributed by atoms with Crippen LogP contribution in [0.1, 0.15) is 0 Å². The molecule has 0 radical (unpaired) electrons. The molecule has 0 aliphatic heterocycles. The molecule has 0 amide bonds. The molecule has 1 N–H and O–H groups in total. The first-order chi connectivity index (χ1) is 5.79. The van der Waals surface area contributed by atoms with E-state index < -0.39 is 10.8 Å². The zero-order valence-corrected chi connectivity index (χ0v) is 7.80. The molecule has 0 aliphatic rings. The van der Waals surface area contributed by atoms with Gasteiger partial charge in [0.05, 0.1) is 0 Å². The Morgan fingerprint density at radius 1 is 1.58 bits per heavy atom. The van der Waals surface area contributed by atoms with Crippen molar-refractivity contribution in [2.75, 3.05) is 23.9 Å². The number of rotatable bonds is 4. The number of pyridine rings is 1. The van der Waals surface area contributed by atoms with Gasteiger partial charge < -0.3 is 5.32 Å². The van der Waals surface area contributed by atoms with Crippen molar-refractivity contribution in [3.63, 3.8) is 0 Å². The fourth-order valence-corrected chi connectivity index (χ4v) is 1.18. The summed E-state index contributed by atoms with van der Waals surface area (Å²) >= 11 is 0. The first-order valence-electron chi connectivity index (χ1n) is 3.74. The van der Waals surface area contributed by atoms with Crippen molar-refractivity contribution < 1.29 is 4.21 Å². The Balaban J connectivity index is 2.29. The highest BCUT2D eigenvalue weighted by molar-refractivity contribution is 7.84. The summed E-state index contributed by atoms with van der Waals surface area (Å²) in [6, 6.07) is 5.67. The summed E-state index contributed by atoms with van der Waals surface area (Å²) in [5.74, 6) is 1.50. The highest BCUT2D eigenvalue weighted by Crippen LogP contribution is 1.98. The van der Waals surface area contributed by atoms with Crippen molar-refractivity contribution in [2.45, 2.75) is 0 Å². The maximum atomic E-state index is 10.7. The van der Waals surface area contributed by atoms with E-state index >= 15 is 0 Å². The van der Waals surface area contributed by atoms with E-state index in [4.69, 9.17) is 0 Å². The van der Waals surface area contributed by atoms with Crippen molar-refractivity contribution in [1.29, 1.82) is 0 Å². The predicted molar refractivity (Wildman–Crippen MR) is 51.7 cm³/mol. The highest BCUT2D eigenvalue weighted by atomic mass is 32.2.